The molecule has 7 nitrogen and oxygen atoms in total. The van der Waals surface area contributed by atoms with Gasteiger partial charge in [0, 0.05) is 12.4 Å². The topological polar surface area (TPSA) is 90.1 Å². The van der Waals surface area contributed by atoms with Crippen LogP contribution in [0.2, 0.25) is 0 Å². The van der Waals surface area contributed by atoms with Gasteiger partial charge in [0.1, 0.15) is 6.33 Å². The lowest BCUT2D eigenvalue weighted by Crippen LogP contribution is -2.02. The maximum atomic E-state index is 11.1. The number of hydrogen-bond acceptors (Lipinski definition) is 5. The van der Waals surface area contributed by atoms with Gasteiger partial charge < -0.3 is 9.84 Å². The average Bonchev–Trinajstić information content (AvgIpc) is 2.84. The van der Waals surface area contributed by atoms with Crippen molar-refractivity contribution in [3.8, 4) is 11.9 Å². The highest BCUT2D eigenvalue weighted by Crippen LogP contribution is 2.27. The van der Waals surface area contributed by atoms with E-state index in [1.165, 1.54) is 17.1 Å². The van der Waals surface area contributed by atoms with Crippen molar-refractivity contribution in [3.63, 3.8) is 0 Å². The molecule has 0 saturated heterocycles. The number of aryl methyl sites for hydroxylation is 1. The van der Waals surface area contributed by atoms with E-state index >= 15 is 0 Å². The molecule has 0 amide bonds. The summed E-state index contributed by atoms with van der Waals surface area (Å²) in [6, 6.07) is 8.85. The molecule has 1 N–H and O–H groups in total. The van der Waals surface area contributed by atoms with E-state index in [-0.39, 0.29) is 17.6 Å². The second-order valence-electron chi connectivity index (χ2n) is 4.14. The fraction of sp³-hybridized carbons (Fsp3) is 0.0769. The lowest BCUT2D eigenvalue weighted by Gasteiger charge is -2.06. The number of carboxylic acid groups (broad SMARTS) is 1. The molecule has 2 heterocycles. The molecule has 0 atom stereocenters. The summed E-state index contributed by atoms with van der Waals surface area (Å²) in [7, 11) is 1.71. The second-order valence-corrected chi connectivity index (χ2v) is 4.14. The molecule has 7 heteroatoms. The Kier molecular flexibility index (Phi) is 2.79. The van der Waals surface area contributed by atoms with Gasteiger partial charge in [-0.2, -0.15) is 4.98 Å². The number of carbonyl (C=O) groups is 1. The van der Waals surface area contributed by atoms with E-state index < -0.39 is 5.97 Å². The van der Waals surface area contributed by atoms with Gasteiger partial charge in [-0.1, -0.05) is 18.2 Å². The Bertz CT molecular complexity index is 797. The van der Waals surface area contributed by atoms with Crippen molar-refractivity contribution in [3.05, 3.63) is 42.4 Å². The van der Waals surface area contributed by atoms with E-state index in [1.54, 1.807) is 19.2 Å². The minimum atomic E-state index is -1.12. The van der Waals surface area contributed by atoms with Gasteiger partial charge in [-0.3, -0.25) is 4.68 Å². The first-order valence-electron chi connectivity index (χ1n) is 5.80. The van der Waals surface area contributed by atoms with Crippen LogP contribution in [0.5, 0.6) is 11.9 Å². The molecule has 0 radical (unpaired) electrons. The third-order valence-electron chi connectivity index (χ3n) is 2.69. The van der Waals surface area contributed by atoms with Crippen LogP contribution < -0.4 is 4.74 Å². The van der Waals surface area contributed by atoms with Crippen molar-refractivity contribution >= 4 is 16.7 Å². The minimum absolute atomic E-state index is 0.0883. The molecule has 2 aromatic heterocycles. The predicted molar refractivity (Wildman–Crippen MR) is 69.8 cm³/mol. The number of benzene rings is 1. The maximum absolute atomic E-state index is 11.1. The fourth-order valence-corrected chi connectivity index (χ4v) is 1.81. The van der Waals surface area contributed by atoms with Gasteiger partial charge in [-0.15, -0.1) is 5.10 Å². The van der Waals surface area contributed by atoms with Crippen LogP contribution >= 0.6 is 0 Å². The number of carboxylic acids is 1. The molecule has 0 spiro atoms. The van der Waals surface area contributed by atoms with E-state index in [4.69, 9.17) is 9.84 Å². The first-order valence-corrected chi connectivity index (χ1v) is 5.80. The van der Waals surface area contributed by atoms with Crippen molar-refractivity contribution in [2.75, 3.05) is 0 Å². The van der Waals surface area contributed by atoms with Crippen LogP contribution in [0.4, 0.5) is 0 Å². The Labute approximate surface area is 113 Å². The molecule has 0 aliphatic carbocycles. The molecule has 3 rings (SSSR count). The smallest absolute Gasteiger partial charge is 0.354 e. The highest BCUT2D eigenvalue weighted by Gasteiger charge is 2.13. The zero-order chi connectivity index (χ0) is 14.1. The Hall–Kier alpha value is -2.96. The summed E-state index contributed by atoms with van der Waals surface area (Å²) in [5, 5.41) is 14.5. The molecule has 0 unspecified atom stereocenters. The number of nitrogens with zero attached hydrogens (tertiary/aromatic N) is 4. The molecule has 0 aliphatic heterocycles. The monoisotopic (exact) mass is 270 g/mol. The van der Waals surface area contributed by atoms with Gasteiger partial charge in [-0.25, -0.2) is 9.78 Å². The van der Waals surface area contributed by atoms with Crippen molar-refractivity contribution in [2.24, 2.45) is 7.05 Å². The Morgan fingerprint density at radius 3 is 2.85 bits per heavy atom. The van der Waals surface area contributed by atoms with Crippen LogP contribution in [0.3, 0.4) is 0 Å². The molecule has 0 aliphatic rings. The first-order chi connectivity index (χ1) is 9.63. The summed E-state index contributed by atoms with van der Waals surface area (Å²) in [5.41, 5.74) is -0.0883. The number of ether oxygens (including phenoxy) is 1. The molecule has 0 saturated carbocycles. The highest BCUT2D eigenvalue weighted by atomic mass is 16.5. The van der Waals surface area contributed by atoms with Crippen LogP contribution in [-0.2, 0) is 7.05 Å². The highest BCUT2D eigenvalue weighted by molar-refractivity contribution is 5.94. The normalized spacial score (nSPS) is 10.7. The van der Waals surface area contributed by atoms with Crippen LogP contribution in [-0.4, -0.2) is 30.8 Å². The SMILES string of the molecule is Cn1cnc(Oc2nc(C(=O)O)cc3ccccc23)n1. The van der Waals surface area contributed by atoms with Crippen molar-refractivity contribution in [2.45, 2.75) is 0 Å². The van der Waals surface area contributed by atoms with Crippen LogP contribution in [0.25, 0.3) is 10.8 Å². The zero-order valence-corrected chi connectivity index (χ0v) is 10.5. The molecular weight excluding hydrogens is 260 g/mol. The van der Waals surface area contributed by atoms with Gasteiger partial charge in [0.15, 0.2) is 5.69 Å². The molecule has 20 heavy (non-hydrogen) atoms. The third kappa shape index (κ3) is 2.16. The summed E-state index contributed by atoms with van der Waals surface area (Å²) in [4.78, 5) is 19.0. The summed E-state index contributed by atoms with van der Waals surface area (Å²) in [5.74, 6) is -0.943. The van der Waals surface area contributed by atoms with E-state index in [1.807, 2.05) is 12.1 Å². The molecule has 0 bridgehead atoms. The van der Waals surface area contributed by atoms with Crippen molar-refractivity contribution < 1.29 is 14.6 Å². The number of aromatic nitrogens is 4. The molecule has 100 valence electrons. The Morgan fingerprint density at radius 1 is 1.35 bits per heavy atom. The summed E-state index contributed by atoms with van der Waals surface area (Å²) in [6.07, 6.45) is 1.48. The van der Waals surface area contributed by atoms with E-state index in [2.05, 4.69) is 15.1 Å². The van der Waals surface area contributed by atoms with Gasteiger partial charge in [-0.05, 0) is 17.5 Å². The lowest BCUT2D eigenvalue weighted by atomic mass is 10.1. The number of hydrogen-bond donors (Lipinski definition) is 1. The molecule has 1 aromatic carbocycles. The Balaban J connectivity index is 2.14. The molecular formula is C13H10N4O3. The number of fused-ring (bicyclic) bond motifs is 1. The van der Waals surface area contributed by atoms with Crippen molar-refractivity contribution in [1.82, 2.24) is 19.7 Å². The van der Waals surface area contributed by atoms with Gasteiger partial charge >= 0.3 is 12.0 Å². The largest absolute Gasteiger partial charge is 0.477 e. The standard InChI is InChI=1S/C13H10N4O3/c1-17-7-14-13(16-17)20-11-9-5-3-2-4-8(9)6-10(15-11)12(18)19/h2-7H,1H3,(H,18,19). The minimum Gasteiger partial charge on any atom is -0.477 e. The molecule has 3 aromatic rings. The summed E-state index contributed by atoms with van der Waals surface area (Å²) < 4.78 is 6.97. The quantitative estimate of drug-likeness (QED) is 0.781. The lowest BCUT2D eigenvalue weighted by molar-refractivity contribution is 0.0690. The van der Waals surface area contributed by atoms with Crippen LogP contribution in [0.15, 0.2) is 36.7 Å². The number of pyridine rings is 1. The second kappa shape index (κ2) is 4.61. The first kappa shape index (κ1) is 12.1. The molecule has 0 fully saturated rings. The van der Waals surface area contributed by atoms with E-state index in [9.17, 15) is 4.79 Å². The van der Waals surface area contributed by atoms with Crippen molar-refractivity contribution in [1.29, 1.82) is 0 Å². The Morgan fingerprint density at radius 2 is 2.15 bits per heavy atom. The average molecular weight is 270 g/mol. The number of aromatic carboxylic acids is 1. The van der Waals surface area contributed by atoms with Gasteiger partial charge in [0.05, 0.1) is 0 Å². The number of rotatable bonds is 3. The predicted octanol–water partition coefficient (Wildman–Crippen LogP) is 1.85. The van der Waals surface area contributed by atoms with Gasteiger partial charge in [0.25, 0.3) is 0 Å². The third-order valence-corrected chi connectivity index (χ3v) is 2.69. The van der Waals surface area contributed by atoms with E-state index in [0.717, 1.165) is 5.39 Å². The van der Waals surface area contributed by atoms with Gasteiger partial charge in [0.2, 0.25) is 5.88 Å². The maximum Gasteiger partial charge on any atom is 0.354 e. The zero-order valence-electron chi connectivity index (χ0n) is 10.5. The summed E-state index contributed by atoms with van der Waals surface area (Å²) >= 11 is 0. The van der Waals surface area contributed by atoms with Crippen LogP contribution in [0.1, 0.15) is 10.5 Å². The summed E-state index contributed by atoms with van der Waals surface area (Å²) in [6.45, 7) is 0. The fourth-order valence-electron chi connectivity index (χ4n) is 1.81. The van der Waals surface area contributed by atoms with E-state index in [0.29, 0.717) is 5.39 Å². The van der Waals surface area contributed by atoms with Crippen LogP contribution in [0, 0.1) is 0 Å².